The van der Waals surface area contributed by atoms with Gasteiger partial charge in [-0.15, -0.1) is 0 Å². The van der Waals surface area contributed by atoms with Crippen LogP contribution in [0.1, 0.15) is 65.6 Å². The van der Waals surface area contributed by atoms with E-state index in [-0.39, 0.29) is 5.41 Å². The first-order chi connectivity index (χ1) is 8.69. The highest BCUT2D eigenvalue weighted by molar-refractivity contribution is 5.07. The molecule has 19 heavy (non-hydrogen) atoms. The van der Waals surface area contributed by atoms with Crippen LogP contribution >= 0.6 is 0 Å². The van der Waals surface area contributed by atoms with Crippen molar-refractivity contribution in [2.24, 2.45) is 11.3 Å². The molecule has 3 heteroatoms. The summed E-state index contributed by atoms with van der Waals surface area (Å²) in [6, 6.07) is 2.43. The number of aliphatic hydroxyl groups is 1. The van der Waals surface area contributed by atoms with E-state index in [1.807, 2.05) is 16.9 Å². The van der Waals surface area contributed by atoms with Crippen molar-refractivity contribution in [2.45, 2.75) is 71.9 Å². The van der Waals surface area contributed by atoms with Crippen molar-refractivity contribution in [3.8, 4) is 0 Å². The third-order valence-electron chi connectivity index (χ3n) is 4.14. The van der Waals surface area contributed by atoms with Crippen LogP contribution in [0, 0.1) is 11.3 Å². The third kappa shape index (κ3) is 3.59. The molecular formula is C16H28N2O. The minimum atomic E-state index is -0.586. The number of hydrogen-bond acceptors (Lipinski definition) is 2. The molecule has 108 valence electrons. The Balaban J connectivity index is 2.11. The molecule has 1 aromatic heterocycles. The van der Waals surface area contributed by atoms with Gasteiger partial charge in [-0.3, -0.25) is 4.68 Å². The zero-order chi connectivity index (χ0) is 14.3. The first-order valence-corrected chi connectivity index (χ1v) is 7.46. The van der Waals surface area contributed by atoms with Crippen LogP contribution in [0.2, 0.25) is 0 Å². The molecule has 0 bridgehead atoms. The molecule has 0 amide bonds. The summed E-state index contributed by atoms with van der Waals surface area (Å²) in [6.07, 6.45) is 5.67. The molecule has 1 N–H and O–H groups in total. The Morgan fingerprint density at radius 1 is 1.42 bits per heavy atom. The van der Waals surface area contributed by atoms with Crippen LogP contribution in [0.25, 0.3) is 0 Å². The summed E-state index contributed by atoms with van der Waals surface area (Å²) < 4.78 is 1.97. The molecule has 2 atom stereocenters. The molecule has 0 saturated heterocycles. The van der Waals surface area contributed by atoms with Gasteiger partial charge in [0.25, 0.3) is 0 Å². The van der Waals surface area contributed by atoms with Crippen LogP contribution < -0.4 is 0 Å². The molecule has 1 aliphatic rings. The van der Waals surface area contributed by atoms with Gasteiger partial charge in [0, 0.05) is 18.7 Å². The molecule has 1 aliphatic carbocycles. The van der Waals surface area contributed by atoms with Crippen LogP contribution in [0.5, 0.6) is 0 Å². The second-order valence-corrected chi connectivity index (χ2v) is 7.64. The first-order valence-electron chi connectivity index (χ1n) is 7.46. The van der Waals surface area contributed by atoms with Crippen molar-refractivity contribution in [3.05, 3.63) is 18.0 Å². The monoisotopic (exact) mass is 264 g/mol. The van der Waals surface area contributed by atoms with Crippen molar-refractivity contribution in [1.82, 2.24) is 9.78 Å². The van der Waals surface area contributed by atoms with E-state index in [0.29, 0.717) is 18.4 Å². The highest BCUT2D eigenvalue weighted by Crippen LogP contribution is 2.44. The molecule has 1 aromatic rings. The van der Waals surface area contributed by atoms with Crippen LogP contribution in [-0.2, 0) is 6.42 Å². The molecule has 3 nitrogen and oxygen atoms in total. The van der Waals surface area contributed by atoms with E-state index in [4.69, 9.17) is 0 Å². The molecule has 1 heterocycles. The lowest BCUT2D eigenvalue weighted by Crippen LogP contribution is -2.43. The van der Waals surface area contributed by atoms with E-state index in [1.54, 1.807) is 0 Å². The topological polar surface area (TPSA) is 38.0 Å². The Kier molecular flexibility index (Phi) is 3.78. The van der Waals surface area contributed by atoms with E-state index >= 15 is 0 Å². The molecule has 0 aliphatic heterocycles. The SMILES string of the molecule is CC1CC(C)(C)CC(O)(Cc2ccn(C(C)C)n2)C1. The molecule has 0 radical (unpaired) electrons. The largest absolute Gasteiger partial charge is 0.389 e. The number of rotatable bonds is 3. The quantitative estimate of drug-likeness (QED) is 0.906. The highest BCUT2D eigenvalue weighted by atomic mass is 16.3. The van der Waals surface area contributed by atoms with Crippen molar-refractivity contribution < 1.29 is 5.11 Å². The van der Waals surface area contributed by atoms with Crippen molar-refractivity contribution >= 4 is 0 Å². The average molecular weight is 264 g/mol. The van der Waals surface area contributed by atoms with E-state index in [9.17, 15) is 5.11 Å². The lowest BCUT2D eigenvalue weighted by Gasteiger charge is -2.44. The summed E-state index contributed by atoms with van der Waals surface area (Å²) >= 11 is 0. The molecule has 0 aromatic carbocycles. The van der Waals surface area contributed by atoms with Gasteiger partial charge in [-0.25, -0.2) is 0 Å². The molecular weight excluding hydrogens is 236 g/mol. The Morgan fingerprint density at radius 2 is 2.11 bits per heavy atom. The van der Waals surface area contributed by atoms with E-state index in [0.717, 1.165) is 18.5 Å². The Labute approximate surface area is 117 Å². The van der Waals surface area contributed by atoms with Gasteiger partial charge in [0.05, 0.1) is 11.3 Å². The minimum Gasteiger partial charge on any atom is -0.389 e. The maximum Gasteiger partial charge on any atom is 0.0711 e. The summed E-state index contributed by atoms with van der Waals surface area (Å²) in [5.74, 6) is 0.584. The lowest BCUT2D eigenvalue weighted by molar-refractivity contribution is -0.0581. The Hall–Kier alpha value is -0.830. The highest BCUT2D eigenvalue weighted by Gasteiger charge is 2.41. The first kappa shape index (κ1) is 14.6. The second-order valence-electron chi connectivity index (χ2n) is 7.64. The van der Waals surface area contributed by atoms with Crippen LogP contribution in [-0.4, -0.2) is 20.5 Å². The van der Waals surface area contributed by atoms with Crippen molar-refractivity contribution in [3.63, 3.8) is 0 Å². The van der Waals surface area contributed by atoms with Gasteiger partial charge >= 0.3 is 0 Å². The van der Waals surface area contributed by atoms with Crippen LogP contribution in [0.4, 0.5) is 0 Å². The van der Waals surface area contributed by atoms with Crippen molar-refractivity contribution in [2.75, 3.05) is 0 Å². The molecule has 0 spiro atoms. The fraction of sp³-hybridized carbons (Fsp3) is 0.812. The number of nitrogens with zero attached hydrogens (tertiary/aromatic N) is 2. The summed E-state index contributed by atoms with van der Waals surface area (Å²) in [5.41, 5.74) is 0.658. The van der Waals surface area contributed by atoms with E-state index in [1.165, 1.54) is 6.42 Å². The fourth-order valence-electron chi connectivity index (χ4n) is 3.93. The van der Waals surface area contributed by atoms with E-state index < -0.39 is 5.60 Å². The molecule has 1 fully saturated rings. The minimum absolute atomic E-state index is 0.229. The van der Waals surface area contributed by atoms with Gasteiger partial charge < -0.3 is 5.11 Å². The Morgan fingerprint density at radius 3 is 2.63 bits per heavy atom. The summed E-state index contributed by atoms with van der Waals surface area (Å²) in [4.78, 5) is 0. The van der Waals surface area contributed by atoms with Gasteiger partial charge in [0.2, 0.25) is 0 Å². The Bertz CT molecular complexity index is 436. The average Bonchev–Trinajstić information content (AvgIpc) is 2.60. The standard InChI is InChI=1S/C16H28N2O/c1-12(2)18-7-6-14(17-18)10-16(19)9-13(3)8-15(4,5)11-16/h6-7,12-13,19H,8-11H2,1-5H3. The van der Waals surface area contributed by atoms with Gasteiger partial charge in [-0.05, 0) is 50.5 Å². The van der Waals surface area contributed by atoms with Crippen molar-refractivity contribution in [1.29, 1.82) is 0 Å². The van der Waals surface area contributed by atoms with E-state index in [2.05, 4.69) is 39.7 Å². The predicted octanol–water partition coefficient (Wildman–Crippen LogP) is 3.58. The zero-order valence-corrected chi connectivity index (χ0v) is 13.0. The van der Waals surface area contributed by atoms with Crippen LogP contribution in [0.3, 0.4) is 0 Å². The maximum atomic E-state index is 10.9. The number of aromatic nitrogens is 2. The van der Waals surface area contributed by atoms with Gasteiger partial charge in [-0.2, -0.15) is 5.10 Å². The van der Waals surface area contributed by atoms with Gasteiger partial charge in [0.15, 0.2) is 0 Å². The zero-order valence-electron chi connectivity index (χ0n) is 13.0. The summed E-state index contributed by atoms with van der Waals surface area (Å²) in [5, 5.41) is 15.5. The van der Waals surface area contributed by atoms with Crippen LogP contribution in [0.15, 0.2) is 12.3 Å². The normalized spacial score (nSPS) is 30.8. The predicted molar refractivity (Wildman–Crippen MR) is 78.1 cm³/mol. The number of hydrogen-bond donors (Lipinski definition) is 1. The molecule has 1 saturated carbocycles. The third-order valence-corrected chi connectivity index (χ3v) is 4.14. The fourth-order valence-corrected chi connectivity index (χ4v) is 3.93. The smallest absolute Gasteiger partial charge is 0.0711 e. The summed E-state index contributed by atoms with van der Waals surface area (Å²) in [6.45, 7) is 11.0. The maximum absolute atomic E-state index is 10.9. The lowest BCUT2D eigenvalue weighted by atomic mass is 9.64. The molecule has 2 rings (SSSR count). The van der Waals surface area contributed by atoms with Gasteiger partial charge in [0.1, 0.15) is 0 Å². The second kappa shape index (κ2) is 4.93. The van der Waals surface area contributed by atoms with Gasteiger partial charge in [-0.1, -0.05) is 20.8 Å². The summed E-state index contributed by atoms with van der Waals surface area (Å²) in [7, 11) is 0. The molecule has 2 unspecified atom stereocenters.